The number of aliphatic hydroxyl groups is 2. The van der Waals surface area contributed by atoms with E-state index in [0.29, 0.717) is 34.0 Å². The molecule has 2 atom stereocenters. The van der Waals surface area contributed by atoms with Gasteiger partial charge in [-0.25, -0.2) is 15.0 Å². The average molecular weight is 606 g/mol. The number of benzene rings is 3. The van der Waals surface area contributed by atoms with E-state index in [0.717, 1.165) is 0 Å². The summed E-state index contributed by atoms with van der Waals surface area (Å²) in [5.41, 5.74) is 1.35. The lowest BCUT2D eigenvalue weighted by Gasteiger charge is -2.15. The predicted octanol–water partition coefficient (Wildman–Crippen LogP) is 4.61. The predicted molar refractivity (Wildman–Crippen MR) is 165 cm³/mol. The van der Waals surface area contributed by atoms with Crippen molar-refractivity contribution in [3.8, 4) is 57.2 Å². The van der Waals surface area contributed by atoms with Crippen LogP contribution in [0.3, 0.4) is 0 Å². The first-order chi connectivity index (χ1) is 21.1. The highest BCUT2D eigenvalue weighted by Crippen LogP contribution is 2.35. The van der Waals surface area contributed by atoms with Gasteiger partial charge in [-0.2, -0.15) is 0 Å². The van der Waals surface area contributed by atoms with E-state index < -0.39 is 12.2 Å². The topological polar surface area (TPSA) is 157 Å². The van der Waals surface area contributed by atoms with Gasteiger partial charge in [-0.05, 0) is 52.0 Å². The van der Waals surface area contributed by atoms with E-state index in [1.54, 1.807) is 24.3 Å². The molecule has 11 heteroatoms. The molecule has 4 N–H and O–H groups in total. The molecule has 0 fully saturated rings. The van der Waals surface area contributed by atoms with E-state index in [-0.39, 0.29) is 61.8 Å². The van der Waals surface area contributed by atoms with E-state index in [9.17, 15) is 20.4 Å². The fourth-order valence-corrected chi connectivity index (χ4v) is 4.00. The molecule has 0 radical (unpaired) electrons. The van der Waals surface area contributed by atoms with Gasteiger partial charge >= 0.3 is 0 Å². The zero-order chi connectivity index (χ0) is 31.6. The Labute approximate surface area is 256 Å². The third-order valence-corrected chi connectivity index (χ3v) is 6.22. The van der Waals surface area contributed by atoms with Crippen molar-refractivity contribution in [2.24, 2.45) is 0 Å². The molecule has 44 heavy (non-hydrogen) atoms. The molecule has 1 heterocycles. The number of aromatic hydroxyl groups is 2. The van der Waals surface area contributed by atoms with Gasteiger partial charge in [0, 0.05) is 17.7 Å². The number of aliphatic hydroxyl groups excluding tert-OH is 2. The number of hydrogen-bond donors (Lipinski definition) is 4. The first-order valence-electron chi connectivity index (χ1n) is 14.4. The Morgan fingerprint density at radius 3 is 1.41 bits per heavy atom. The van der Waals surface area contributed by atoms with Crippen LogP contribution in [0.2, 0.25) is 0 Å². The minimum Gasteiger partial charge on any atom is -0.507 e. The maximum Gasteiger partial charge on any atom is 0.167 e. The van der Waals surface area contributed by atoms with Gasteiger partial charge in [-0.15, -0.1) is 0 Å². The Bertz CT molecular complexity index is 1410. The molecule has 11 nitrogen and oxygen atoms in total. The molecule has 2 unspecified atom stereocenters. The Balaban J connectivity index is 1.59. The molecule has 0 aliphatic carbocycles. The van der Waals surface area contributed by atoms with Crippen LogP contribution in [0.4, 0.5) is 0 Å². The second-order valence-electron chi connectivity index (χ2n) is 10.7. The van der Waals surface area contributed by atoms with Crippen molar-refractivity contribution in [3.63, 3.8) is 0 Å². The van der Waals surface area contributed by atoms with Gasteiger partial charge < -0.3 is 39.4 Å². The molecule has 0 bridgehead atoms. The zero-order valence-electron chi connectivity index (χ0n) is 25.3. The summed E-state index contributed by atoms with van der Waals surface area (Å²) in [5.74, 6) is 1.11. The van der Waals surface area contributed by atoms with Gasteiger partial charge in [0.25, 0.3) is 0 Å². The van der Waals surface area contributed by atoms with Crippen molar-refractivity contribution in [1.82, 2.24) is 15.0 Å². The molecule has 0 spiro atoms. The van der Waals surface area contributed by atoms with Crippen molar-refractivity contribution >= 4 is 0 Å². The van der Waals surface area contributed by atoms with Crippen LogP contribution in [0, 0.1) is 0 Å². The third-order valence-electron chi connectivity index (χ3n) is 6.22. The number of aromatic nitrogens is 3. The Kier molecular flexibility index (Phi) is 11.4. The molecule has 0 aliphatic heterocycles. The lowest BCUT2D eigenvalue weighted by Crippen LogP contribution is -2.25. The minimum absolute atomic E-state index is 0.0107. The van der Waals surface area contributed by atoms with Crippen LogP contribution >= 0.6 is 0 Å². The van der Waals surface area contributed by atoms with Crippen LogP contribution in [0.5, 0.6) is 23.0 Å². The van der Waals surface area contributed by atoms with Gasteiger partial charge in [0.1, 0.15) is 48.4 Å². The summed E-state index contributed by atoms with van der Waals surface area (Å²) in [6.07, 6.45) is -1.68. The quantitative estimate of drug-likeness (QED) is 0.150. The zero-order valence-corrected chi connectivity index (χ0v) is 25.3. The molecule has 4 rings (SSSR count). The monoisotopic (exact) mass is 605 g/mol. The summed E-state index contributed by atoms with van der Waals surface area (Å²) in [4.78, 5) is 13.8. The average Bonchev–Trinajstić information content (AvgIpc) is 3.01. The lowest BCUT2D eigenvalue weighted by atomic mass is 10.1. The largest absolute Gasteiger partial charge is 0.507 e. The van der Waals surface area contributed by atoms with Crippen LogP contribution in [0.1, 0.15) is 27.7 Å². The Morgan fingerprint density at radius 1 is 0.568 bits per heavy atom. The van der Waals surface area contributed by atoms with E-state index >= 15 is 0 Å². The van der Waals surface area contributed by atoms with Gasteiger partial charge in [0.2, 0.25) is 0 Å². The molecule has 0 saturated heterocycles. The van der Waals surface area contributed by atoms with E-state index in [2.05, 4.69) is 15.0 Å². The second kappa shape index (κ2) is 15.4. The molecule has 3 aromatic carbocycles. The highest BCUT2D eigenvalue weighted by molar-refractivity contribution is 5.72. The highest BCUT2D eigenvalue weighted by Gasteiger charge is 2.18. The van der Waals surface area contributed by atoms with Crippen molar-refractivity contribution in [2.45, 2.75) is 52.1 Å². The van der Waals surface area contributed by atoms with Crippen LogP contribution < -0.4 is 9.47 Å². The number of nitrogens with zero attached hydrogens (tertiary/aromatic N) is 3. The minimum atomic E-state index is -0.827. The van der Waals surface area contributed by atoms with Gasteiger partial charge in [0.15, 0.2) is 17.5 Å². The number of phenols is 2. The molecule has 1 aromatic heterocycles. The lowest BCUT2D eigenvalue weighted by molar-refractivity contribution is -0.0123. The van der Waals surface area contributed by atoms with E-state index in [1.807, 2.05) is 58.0 Å². The summed E-state index contributed by atoms with van der Waals surface area (Å²) in [6.45, 7) is 7.76. The van der Waals surface area contributed by atoms with Gasteiger partial charge in [-0.3, -0.25) is 0 Å². The van der Waals surface area contributed by atoms with Crippen LogP contribution in [-0.4, -0.2) is 86.2 Å². The fraction of sp³-hybridized carbons (Fsp3) is 0.364. The summed E-state index contributed by atoms with van der Waals surface area (Å²) < 4.78 is 22.1. The standard InChI is InChI=1S/C33H39N3O8/c1-20(2)41-16-23(37)18-43-25-10-12-27(29(39)14-25)32-34-31(22-8-6-5-7-9-22)35-33(36-32)28-13-11-26(15-30(28)40)44-19-24(38)17-42-21(3)4/h5-15,20-21,23-24,37-40H,16-19H2,1-4H3. The summed E-state index contributed by atoms with van der Waals surface area (Å²) >= 11 is 0. The van der Waals surface area contributed by atoms with Gasteiger partial charge in [0.05, 0.1) is 36.5 Å². The number of ether oxygens (including phenoxy) is 4. The number of rotatable bonds is 15. The molecule has 4 aromatic rings. The molecule has 0 amide bonds. The van der Waals surface area contributed by atoms with Crippen LogP contribution in [0.15, 0.2) is 66.7 Å². The SMILES string of the molecule is CC(C)OCC(O)COc1ccc(-c2nc(-c3ccccc3)nc(-c3ccc(OCC(O)COC(C)C)cc3O)n2)c(O)c1. The first-order valence-corrected chi connectivity index (χ1v) is 14.4. The maximum atomic E-state index is 10.9. The van der Waals surface area contributed by atoms with Gasteiger partial charge in [-0.1, -0.05) is 30.3 Å². The molecule has 0 aliphatic rings. The summed E-state index contributed by atoms with van der Waals surface area (Å²) in [5, 5.41) is 42.0. The second-order valence-corrected chi connectivity index (χ2v) is 10.7. The van der Waals surface area contributed by atoms with Crippen molar-refractivity contribution in [3.05, 3.63) is 66.7 Å². The normalized spacial score (nSPS) is 12.8. The van der Waals surface area contributed by atoms with E-state index in [1.165, 1.54) is 12.1 Å². The smallest absolute Gasteiger partial charge is 0.167 e. The van der Waals surface area contributed by atoms with E-state index in [4.69, 9.17) is 18.9 Å². The number of hydrogen-bond acceptors (Lipinski definition) is 11. The third kappa shape index (κ3) is 9.35. The maximum absolute atomic E-state index is 10.9. The molecule has 234 valence electrons. The Hall–Kier alpha value is -4.29. The van der Waals surface area contributed by atoms with Crippen molar-refractivity contribution in [2.75, 3.05) is 26.4 Å². The van der Waals surface area contributed by atoms with Crippen molar-refractivity contribution in [1.29, 1.82) is 0 Å². The molecule has 0 saturated carbocycles. The Morgan fingerprint density at radius 2 is 1.00 bits per heavy atom. The fourth-order valence-electron chi connectivity index (χ4n) is 4.00. The summed E-state index contributed by atoms with van der Waals surface area (Å²) in [7, 11) is 0. The first kappa shape index (κ1) is 32.6. The highest BCUT2D eigenvalue weighted by atomic mass is 16.5. The number of phenolic OH excluding ortho intramolecular Hbond substituents is 2. The summed E-state index contributed by atoms with van der Waals surface area (Å²) in [6, 6.07) is 18.6. The van der Waals surface area contributed by atoms with Crippen LogP contribution in [0.25, 0.3) is 34.2 Å². The molecular formula is C33H39N3O8. The van der Waals surface area contributed by atoms with Crippen molar-refractivity contribution < 1.29 is 39.4 Å². The molecular weight excluding hydrogens is 566 g/mol. The van der Waals surface area contributed by atoms with Crippen LogP contribution in [-0.2, 0) is 9.47 Å².